The molecule has 0 aliphatic heterocycles. The Balaban J connectivity index is 4.71. The molecule has 0 heterocycles. The maximum Gasteiger partial charge on any atom is 0.305 e. The monoisotopic (exact) mass is 854 g/mol. The van der Waals surface area contributed by atoms with E-state index in [1.54, 1.807) is 0 Å². The number of ether oxygens (including phenoxy) is 2. The molecular weight excluding hydrogens is 751 g/mol. The van der Waals surface area contributed by atoms with Gasteiger partial charge in [0.1, 0.15) is 0 Å². The Bertz CT molecular complexity index is 904. The predicted molar refractivity (Wildman–Crippen MR) is 253 cm³/mol. The van der Waals surface area contributed by atoms with Gasteiger partial charge in [0.05, 0.1) is 19.3 Å². The first-order chi connectivity index (χ1) is 29.3. The van der Waals surface area contributed by atoms with Gasteiger partial charge in [-0.3, -0.25) is 9.59 Å². The van der Waals surface area contributed by atoms with Crippen molar-refractivity contribution in [2.75, 3.05) is 46.1 Å². The fraction of sp³-hybridized carbons (Fsp3) is 0.962. The first-order valence-corrected chi connectivity index (χ1v) is 26.3. The van der Waals surface area contributed by atoms with Crippen LogP contribution in [-0.4, -0.2) is 84.3 Å². The molecule has 4 unspecified atom stereocenters. The minimum atomic E-state index is -0.505. The third kappa shape index (κ3) is 39.6. The Hall–Kier alpha value is -1.22. The minimum absolute atomic E-state index is 0.0715. The molecule has 0 aromatic carbocycles. The normalized spacial score (nSPS) is 13.7. The van der Waals surface area contributed by atoms with Gasteiger partial charge in [-0.1, -0.05) is 169 Å². The molecule has 0 bridgehead atoms. The second kappa shape index (κ2) is 45.8. The topological polar surface area (TPSA) is 117 Å². The third-order valence-electron chi connectivity index (χ3n) is 12.6. The summed E-state index contributed by atoms with van der Waals surface area (Å²) in [6.07, 6.45) is 37.6. The Labute approximate surface area is 372 Å². The summed E-state index contributed by atoms with van der Waals surface area (Å²) in [4.78, 5) is 27.7. The zero-order chi connectivity index (χ0) is 44.2. The quantitative estimate of drug-likeness (QED) is 0.0409. The highest BCUT2D eigenvalue weighted by molar-refractivity contribution is 5.69. The van der Waals surface area contributed by atoms with E-state index < -0.39 is 6.10 Å². The Morgan fingerprint density at radius 3 is 1.23 bits per heavy atom. The van der Waals surface area contributed by atoms with Gasteiger partial charge in [-0.15, -0.1) is 0 Å². The maximum absolute atomic E-state index is 12.7. The lowest BCUT2D eigenvalue weighted by Gasteiger charge is -2.29. The Morgan fingerprint density at radius 2 is 0.800 bits per heavy atom. The highest BCUT2D eigenvalue weighted by Crippen LogP contribution is 2.22. The number of hydrogen-bond donors (Lipinski definition) is 3. The number of esters is 2. The molecule has 8 nitrogen and oxygen atoms in total. The molecule has 0 amide bonds. The van der Waals surface area contributed by atoms with E-state index in [0.717, 1.165) is 77.2 Å². The molecular formula is C52H103NO7. The summed E-state index contributed by atoms with van der Waals surface area (Å²) in [5, 5.41) is 30.6. The van der Waals surface area contributed by atoms with Crippen molar-refractivity contribution in [3.05, 3.63) is 0 Å². The van der Waals surface area contributed by atoms with Crippen LogP contribution in [0.1, 0.15) is 252 Å². The molecule has 0 radical (unpaired) electrons. The van der Waals surface area contributed by atoms with Crippen molar-refractivity contribution >= 4 is 11.9 Å². The van der Waals surface area contributed by atoms with Crippen LogP contribution in [0, 0.1) is 17.8 Å². The fourth-order valence-corrected chi connectivity index (χ4v) is 8.56. The van der Waals surface area contributed by atoms with Crippen LogP contribution >= 0.6 is 0 Å². The molecule has 0 aliphatic carbocycles. The average Bonchev–Trinajstić information content (AvgIpc) is 3.24. The molecule has 3 N–H and O–H groups in total. The first-order valence-electron chi connectivity index (χ1n) is 26.3. The molecule has 0 saturated carbocycles. The van der Waals surface area contributed by atoms with Crippen LogP contribution in [0.15, 0.2) is 0 Å². The molecule has 4 atom stereocenters. The van der Waals surface area contributed by atoms with E-state index in [-0.39, 0.29) is 31.1 Å². The first kappa shape index (κ1) is 58.8. The van der Waals surface area contributed by atoms with Crippen molar-refractivity contribution < 1.29 is 34.4 Å². The standard InChI is InChI=1S/C52H103NO7/c1-5-9-13-17-19-24-34-47(32-22-15-11-7-3)45-59-51(57)38-28-26-36-49(44-55)42-53(40-30-21-31-41-54)43-50(56)37-27-29-39-52(58)60-46-48(33-23-16-12-8-4)35-25-20-18-14-10-6-2/h47-50,54-56H,5-46H2,1-4H3. The number of nitrogens with zero attached hydrogens (tertiary/aromatic N) is 1. The number of carbonyl (C=O) groups excluding carboxylic acids is 2. The maximum atomic E-state index is 12.7. The number of rotatable bonds is 48. The highest BCUT2D eigenvalue weighted by atomic mass is 16.5. The molecule has 60 heavy (non-hydrogen) atoms. The van der Waals surface area contributed by atoms with Crippen LogP contribution in [0.4, 0.5) is 0 Å². The van der Waals surface area contributed by atoms with Gasteiger partial charge >= 0.3 is 11.9 Å². The summed E-state index contributed by atoms with van der Waals surface area (Å²) in [6, 6.07) is 0. The van der Waals surface area contributed by atoms with Crippen LogP contribution in [0.2, 0.25) is 0 Å². The van der Waals surface area contributed by atoms with Crippen molar-refractivity contribution in [3.63, 3.8) is 0 Å². The van der Waals surface area contributed by atoms with Gasteiger partial charge in [-0.05, 0) is 94.9 Å². The summed E-state index contributed by atoms with van der Waals surface area (Å²) in [5.74, 6) is 0.805. The molecule has 0 aliphatic rings. The van der Waals surface area contributed by atoms with E-state index in [2.05, 4.69) is 32.6 Å². The number of hydrogen-bond acceptors (Lipinski definition) is 8. The van der Waals surface area contributed by atoms with Crippen molar-refractivity contribution in [2.45, 2.75) is 259 Å². The van der Waals surface area contributed by atoms with Gasteiger partial charge in [-0.25, -0.2) is 0 Å². The number of unbranched alkanes of at least 4 members (excludes halogenated alkanes) is 20. The van der Waals surface area contributed by atoms with E-state index >= 15 is 0 Å². The van der Waals surface area contributed by atoms with Gasteiger partial charge in [0.15, 0.2) is 0 Å². The lowest BCUT2D eigenvalue weighted by atomic mass is 9.95. The highest BCUT2D eigenvalue weighted by Gasteiger charge is 2.19. The second-order valence-electron chi connectivity index (χ2n) is 18.6. The van der Waals surface area contributed by atoms with Gasteiger partial charge in [0.2, 0.25) is 0 Å². The lowest BCUT2D eigenvalue weighted by molar-refractivity contribution is -0.146. The molecule has 0 aromatic heterocycles. The smallest absolute Gasteiger partial charge is 0.305 e. The van der Waals surface area contributed by atoms with Gasteiger partial charge in [0, 0.05) is 39.1 Å². The van der Waals surface area contributed by atoms with Crippen LogP contribution < -0.4 is 0 Å². The average molecular weight is 854 g/mol. The van der Waals surface area contributed by atoms with E-state index in [0.29, 0.717) is 63.8 Å². The summed E-state index contributed by atoms with van der Waals surface area (Å²) >= 11 is 0. The van der Waals surface area contributed by atoms with E-state index in [9.17, 15) is 24.9 Å². The molecule has 8 heteroatoms. The third-order valence-corrected chi connectivity index (χ3v) is 12.6. The molecule has 0 saturated heterocycles. The summed E-state index contributed by atoms with van der Waals surface area (Å²) in [5.41, 5.74) is 0. The van der Waals surface area contributed by atoms with Crippen LogP contribution in [0.25, 0.3) is 0 Å². The summed E-state index contributed by atoms with van der Waals surface area (Å²) in [7, 11) is 0. The second-order valence-corrected chi connectivity index (χ2v) is 18.6. The van der Waals surface area contributed by atoms with Gasteiger partial charge < -0.3 is 29.7 Å². The predicted octanol–water partition coefficient (Wildman–Crippen LogP) is 13.3. The molecule has 0 fully saturated rings. The number of carbonyl (C=O) groups is 2. The van der Waals surface area contributed by atoms with Gasteiger partial charge in [-0.2, -0.15) is 0 Å². The SMILES string of the molecule is CCCCCCCCC(CCCCCC)COC(=O)CCCCC(O)CN(CCCCCO)CC(CO)CCCCC(=O)OCC(CCCCCC)CCCCCCCC. The fourth-order valence-electron chi connectivity index (χ4n) is 8.56. The summed E-state index contributed by atoms with van der Waals surface area (Å²) < 4.78 is 11.6. The van der Waals surface area contributed by atoms with Crippen LogP contribution in [0.3, 0.4) is 0 Å². The number of aliphatic hydroxyl groups excluding tert-OH is 3. The minimum Gasteiger partial charge on any atom is -0.465 e. The largest absolute Gasteiger partial charge is 0.465 e. The molecule has 358 valence electrons. The van der Waals surface area contributed by atoms with Crippen LogP contribution in [0.5, 0.6) is 0 Å². The summed E-state index contributed by atoms with van der Waals surface area (Å²) in [6.45, 7) is 12.4. The Morgan fingerprint density at radius 1 is 0.433 bits per heavy atom. The molecule has 0 spiro atoms. The van der Waals surface area contributed by atoms with Crippen molar-refractivity contribution in [1.82, 2.24) is 4.90 Å². The lowest BCUT2D eigenvalue weighted by Crippen LogP contribution is -2.38. The van der Waals surface area contributed by atoms with E-state index in [1.807, 2.05) is 0 Å². The zero-order valence-corrected chi connectivity index (χ0v) is 40.4. The molecule has 0 rings (SSSR count). The van der Waals surface area contributed by atoms with Crippen molar-refractivity contribution in [1.29, 1.82) is 0 Å². The van der Waals surface area contributed by atoms with Crippen LogP contribution in [-0.2, 0) is 19.1 Å². The number of aliphatic hydroxyl groups is 3. The van der Waals surface area contributed by atoms with E-state index in [4.69, 9.17) is 9.47 Å². The van der Waals surface area contributed by atoms with E-state index in [1.165, 1.54) is 128 Å². The van der Waals surface area contributed by atoms with Gasteiger partial charge in [0.25, 0.3) is 0 Å². The van der Waals surface area contributed by atoms with Crippen molar-refractivity contribution in [2.24, 2.45) is 17.8 Å². The molecule has 0 aromatic rings. The van der Waals surface area contributed by atoms with Crippen molar-refractivity contribution in [3.8, 4) is 0 Å². The zero-order valence-electron chi connectivity index (χ0n) is 40.4. The Kier molecular flexibility index (Phi) is 44.9.